The average molecular weight is 581 g/mol. The third-order valence-electron chi connectivity index (χ3n) is 9.48. The van der Waals surface area contributed by atoms with E-state index in [9.17, 15) is 0 Å². The van der Waals surface area contributed by atoms with Crippen molar-refractivity contribution >= 4 is 46.4 Å². The van der Waals surface area contributed by atoms with Crippen molar-refractivity contribution in [3.63, 3.8) is 0 Å². The van der Waals surface area contributed by atoms with E-state index in [1.807, 2.05) is 0 Å². The molecule has 2 aliphatic heterocycles. The highest BCUT2D eigenvalue weighted by atomic mass is 14.8. The minimum Gasteiger partial charge on any atom is -0.354 e. The molecule has 4 nitrogen and oxygen atoms in total. The standard InChI is InChI=1S/C40H44N4/c1-4-7-8-9-10-11-12-16-19-31-36-22-20-32(41-36)29(5-2)34-24-26-38(43-34)40(28-17-14-13-15-18-28)39-27-25-35(44-39)30(6-3)33-21-23-37(31)42-33/h2-3,20-28,43-44H,4,7-19H2,1H3. The molecule has 0 unspecified atom stereocenters. The van der Waals surface area contributed by atoms with Crippen LogP contribution in [0, 0.1) is 24.7 Å². The first-order valence-corrected chi connectivity index (χ1v) is 16.8. The third kappa shape index (κ3) is 6.32. The molecular weight excluding hydrogens is 536 g/mol. The van der Waals surface area contributed by atoms with E-state index in [0.717, 1.165) is 74.4 Å². The summed E-state index contributed by atoms with van der Waals surface area (Å²) >= 11 is 0. The highest BCUT2D eigenvalue weighted by molar-refractivity contribution is 5.85. The summed E-state index contributed by atoms with van der Waals surface area (Å²) in [6.45, 7) is 2.27. The Balaban J connectivity index is 1.50. The van der Waals surface area contributed by atoms with Crippen LogP contribution in [0.2, 0.25) is 0 Å². The second-order valence-corrected chi connectivity index (χ2v) is 12.5. The van der Waals surface area contributed by atoms with Gasteiger partial charge >= 0.3 is 0 Å². The van der Waals surface area contributed by atoms with Gasteiger partial charge in [0.15, 0.2) is 0 Å². The molecule has 5 heterocycles. The summed E-state index contributed by atoms with van der Waals surface area (Å²) in [5.74, 6) is 6.38. The van der Waals surface area contributed by atoms with Gasteiger partial charge in [-0.1, -0.05) is 83.0 Å². The summed E-state index contributed by atoms with van der Waals surface area (Å²) in [6.07, 6.45) is 37.9. The van der Waals surface area contributed by atoms with Crippen molar-refractivity contribution in [2.75, 3.05) is 0 Å². The van der Waals surface area contributed by atoms with Gasteiger partial charge in [-0.15, -0.1) is 12.8 Å². The van der Waals surface area contributed by atoms with Crippen LogP contribution < -0.4 is 0 Å². The smallest absolute Gasteiger partial charge is 0.0815 e. The van der Waals surface area contributed by atoms with Gasteiger partial charge in [0, 0.05) is 22.2 Å². The zero-order chi connectivity index (χ0) is 30.3. The maximum absolute atomic E-state index is 6.15. The van der Waals surface area contributed by atoms with Crippen molar-refractivity contribution in [1.82, 2.24) is 19.9 Å². The van der Waals surface area contributed by atoms with Crippen molar-refractivity contribution in [2.24, 2.45) is 0 Å². The number of rotatable bonds is 10. The second kappa shape index (κ2) is 14.0. The Kier molecular flexibility index (Phi) is 9.48. The summed E-state index contributed by atoms with van der Waals surface area (Å²) in [5.41, 5.74) is 11.6. The molecule has 0 saturated heterocycles. The van der Waals surface area contributed by atoms with Gasteiger partial charge < -0.3 is 9.97 Å². The van der Waals surface area contributed by atoms with Gasteiger partial charge in [-0.05, 0) is 80.2 Å². The predicted octanol–water partition coefficient (Wildman–Crippen LogP) is 10.3. The van der Waals surface area contributed by atoms with E-state index in [2.05, 4.69) is 77.3 Å². The first-order chi connectivity index (χ1) is 21.7. The zero-order valence-corrected chi connectivity index (χ0v) is 26.1. The maximum atomic E-state index is 6.15. The topological polar surface area (TPSA) is 57.4 Å². The van der Waals surface area contributed by atoms with Crippen LogP contribution in [0.1, 0.15) is 141 Å². The van der Waals surface area contributed by atoms with E-state index in [1.54, 1.807) is 0 Å². The molecular formula is C40H44N4. The van der Waals surface area contributed by atoms with Crippen molar-refractivity contribution in [3.05, 3.63) is 69.3 Å². The fraction of sp³-hybridized carbons (Fsp3) is 0.400. The Morgan fingerprint density at radius 3 is 1.64 bits per heavy atom. The average Bonchev–Trinajstić information content (AvgIpc) is 3.87. The lowest BCUT2D eigenvalue weighted by Gasteiger charge is -2.22. The molecule has 224 valence electrons. The largest absolute Gasteiger partial charge is 0.354 e. The maximum Gasteiger partial charge on any atom is 0.0815 e. The number of nitrogens with zero attached hydrogens (tertiary/aromatic N) is 2. The molecule has 4 heteroatoms. The Hall–Kier alpha value is -4.28. The van der Waals surface area contributed by atoms with Crippen molar-refractivity contribution in [2.45, 2.75) is 103 Å². The highest BCUT2D eigenvalue weighted by Crippen LogP contribution is 2.37. The first kappa shape index (κ1) is 29.8. The number of H-pyrrole nitrogens is 2. The molecule has 0 atom stereocenters. The van der Waals surface area contributed by atoms with Crippen LogP contribution in [0.15, 0.2) is 24.3 Å². The number of hydrogen-bond donors (Lipinski definition) is 2. The Bertz CT molecular complexity index is 1700. The monoisotopic (exact) mass is 580 g/mol. The van der Waals surface area contributed by atoms with Crippen LogP contribution >= 0.6 is 0 Å². The molecule has 3 aliphatic rings. The molecule has 44 heavy (non-hydrogen) atoms. The van der Waals surface area contributed by atoms with E-state index < -0.39 is 0 Å². The molecule has 2 N–H and O–H groups in total. The summed E-state index contributed by atoms with van der Waals surface area (Å²) in [6, 6.07) is 8.57. The van der Waals surface area contributed by atoms with Gasteiger partial charge in [-0.3, -0.25) is 0 Å². The molecule has 0 amide bonds. The Morgan fingerprint density at radius 1 is 0.636 bits per heavy atom. The Labute approximate surface area is 262 Å². The molecule has 3 aromatic rings. The first-order valence-electron chi connectivity index (χ1n) is 16.8. The summed E-state index contributed by atoms with van der Waals surface area (Å²) < 4.78 is 0. The molecule has 1 aliphatic carbocycles. The Morgan fingerprint density at radius 2 is 1.11 bits per heavy atom. The molecule has 1 fully saturated rings. The molecule has 3 aromatic heterocycles. The van der Waals surface area contributed by atoms with E-state index in [4.69, 9.17) is 22.8 Å². The second-order valence-electron chi connectivity index (χ2n) is 12.5. The number of aromatic nitrogens is 4. The third-order valence-corrected chi connectivity index (χ3v) is 9.48. The highest BCUT2D eigenvalue weighted by Gasteiger charge is 2.21. The summed E-state index contributed by atoms with van der Waals surface area (Å²) in [5, 5.41) is 0. The van der Waals surface area contributed by atoms with Crippen LogP contribution in [0.5, 0.6) is 0 Å². The van der Waals surface area contributed by atoms with Crippen LogP contribution in [0.25, 0.3) is 46.4 Å². The van der Waals surface area contributed by atoms with Crippen molar-refractivity contribution in [3.8, 4) is 24.7 Å². The predicted molar refractivity (Wildman–Crippen MR) is 187 cm³/mol. The van der Waals surface area contributed by atoms with Crippen LogP contribution in [0.3, 0.4) is 0 Å². The fourth-order valence-electron chi connectivity index (χ4n) is 7.11. The quantitative estimate of drug-likeness (QED) is 0.128. The number of unbranched alkanes of at least 4 members (excludes halogenated alkanes) is 7. The van der Waals surface area contributed by atoms with Crippen LogP contribution in [-0.2, 0) is 6.42 Å². The lowest BCUT2D eigenvalue weighted by Crippen LogP contribution is -2.05. The van der Waals surface area contributed by atoms with Crippen molar-refractivity contribution < 1.29 is 0 Å². The van der Waals surface area contributed by atoms with E-state index in [1.165, 1.54) is 82.6 Å². The van der Waals surface area contributed by atoms with Crippen LogP contribution in [-0.4, -0.2) is 19.9 Å². The van der Waals surface area contributed by atoms with Gasteiger partial charge in [0.05, 0.1) is 44.9 Å². The van der Waals surface area contributed by atoms with Gasteiger partial charge in [0.2, 0.25) is 0 Å². The number of terminal acetylenes is 2. The fourth-order valence-corrected chi connectivity index (χ4v) is 7.11. The minimum absolute atomic E-state index is 0.463. The van der Waals surface area contributed by atoms with Gasteiger partial charge in [0.1, 0.15) is 0 Å². The number of aromatic amines is 2. The zero-order valence-electron chi connectivity index (χ0n) is 26.1. The van der Waals surface area contributed by atoms with Crippen molar-refractivity contribution in [1.29, 1.82) is 0 Å². The van der Waals surface area contributed by atoms with Gasteiger partial charge in [-0.25, -0.2) is 9.97 Å². The lowest BCUT2D eigenvalue weighted by molar-refractivity contribution is 0.446. The molecule has 6 rings (SSSR count). The molecule has 1 saturated carbocycles. The van der Waals surface area contributed by atoms with E-state index >= 15 is 0 Å². The van der Waals surface area contributed by atoms with Gasteiger partial charge in [0.25, 0.3) is 0 Å². The molecule has 0 aromatic carbocycles. The summed E-state index contributed by atoms with van der Waals surface area (Å²) in [7, 11) is 0. The SMILES string of the molecule is C#Cc1c2nc(c(CCCCCCCCCC)c3nc(c(C#C)c4ccc([nH]4)c(C4CCCCC4)c4ccc1[nH]4)C=C3)C=C2. The van der Waals surface area contributed by atoms with E-state index in [0.29, 0.717) is 5.92 Å². The normalized spacial score (nSPS) is 14.5. The van der Waals surface area contributed by atoms with Gasteiger partial charge in [-0.2, -0.15) is 0 Å². The molecule has 8 bridgehead atoms. The van der Waals surface area contributed by atoms with E-state index in [-0.39, 0.29) is 0 Å². The number of fused-ring (bicyclic) bond motifs is 8. The molecule has 0 spiro atoms. The summed E-state index contributed by atoms with van der Waals surface area (Å²) in [4.78, 5) is 17.6. The minimum atomic E-state index is 0.463. The lowest BCUT2D eigenvalue weighted by atomic mass is 9.84. The molecule has 0 radical (unpaired) electrons. The number of nitrogens with one attached hydrogen (secondary N) is 2. The van der Waals surface area contributed by atoms with Crippen LogP contribution in [0.4, 0.5) is 0 Å². The number of hydrogen-bond acceptors (Lipinski definition) is 2.